The predicted octanol–water partition coefficient (Wildman–Crippen LogP) is 1.12. The van der Waals surface area contributed by atoms with Crippen molar-refractivity contribution in [2.24, 2.45) is 0 Å². The number of aliphatic hydroxyl groups excluding tert-OH is 1. The monoisotopic (exact) mass is 209 g/mol. The Morgan fingerprint density at radius 1 is 1.47 bits per heavy atom. The summed E-state index contributed by atoms with van der Waals surface area (Å²) in [5, 5.41) is 17.8. The highest BCUT2D eigenvalue weighted by atomic mass is 16.4. The number of carbonyl (C=O) groups is 1. The smallest absolute Gasteiger partial charge is 0.337 e. The number of aliphatic hydroxyl groups is 1. The van der Waals surface area contributed by atoms with Crippen molar-refractivity contribution in [1.29, 1.82) is 0 Å². The summed E-state index contributed by atoms with van der Waals surface area (Å²) in [4.78, 5) is 12.7. The average Bonchev–Trinajstić information content (AvgIpc) is 2.17. The number of carboxylic acid groups (broad SMARTS) is 1. The molecule has 0 unspecified atom stereocenters. The van der Waals surface area contributed by atoms with Crippen LogP contribution in [0.2, 0.25) is 0 Å². The van der Waals surface area contributed by atoms with E-state index < -0.39 is 5.97 Å². The number of nitrogens with zero attached hydrogens (tertiary/aromatic N) is 1. The van der Waals surface area contributed by atoms with E-state index in [4.69, 9.17) is 10.2 Å². The molecule has 0 bridgehead atoms. The van der Waals surface area contributed by atoms with E-state index in [9.17, 15) is 4.79 Å². The minimum absolute atomic E-state index is 0.00341. The molecule has 0 aliphatic heterocycles. The van der Waals surface area contributed by atoms with Crippen LogP contribution in [-0.2, 0) is 0 Å². The van der Waals surface area contributed by atoms with Gasteiger partial charge in [0.1, 0.15) is 0 Å². The third kappa shape index (κ3) is 2.70. The van der Waals surface area contributed by atoms with Crippen molar-refractivity contribution in [2.45, 2.75) is 6.92 Å². The Morgan fingerprint density at radius 2 is 2.13 bits per heavy atom. The Kier molecular flexibility index (Phi) is 3.68. The Balaban J connectivity index is 3.10. The summed E-state index contributed by atoms with van der Waals surface area (Å²) in [6.07, 6.45) is 0. The minimum Gasteiger partial charge on any atom is -0.478 e. The van der Waals surface area contributed by atoms with Crippen LogP contribution in [0.4, 0.5) is 5.69 Å². The fourth-order valence-corrected chi connectivity index (χ4v) is 1.42. The number of carboxylic acids is 1. The van der Waals surface area contributed by atoms with E-state index in [0.29, 0.717) is 12.2 Å². The second kappa shape index (κ2) is 4.79. The first-order chi connectivity index (χ1) is 7.06. The molecule has 1 rings (SSSR count). The van der Waals surface area contributed by atoms with Crippen LogP contribution in [0.15, 0.2) is 18.2 Å². The summed E-state index contributed by atoms with van der Waals surface area (Å²) < 4.78 is 0. The highest BCUT2D eigenvalue weighted by Crippen LogP contribution is 2.20. The highest BCUT2D eigenvalue weighted by Gasteiger charge is 2.12. The Labute approximate surface area is 88.8 Å². The minimum atomic E-state index is -0.946. The van der Waals surface area contributed by atoms with E-state index in [2.05, 4.69) is 0 Å². The second-order valence-electron chi connectivity index (χ2n) is 3.47. The molecule has 4 nitrogen and oxygen atoms in total. The third-order valence-electron chi connectivity index (χ3n) is 2.23. The van der Waals surface area contributed by atoms with Crippen molar-refractivity contribution < 1.29 is 15.0 Å². The summed E-state index contributed by atoms with van der Waals surface area (Å²) in [5.41, 5.74) is 1.81. The largest absolute Gasteiger partial charge is 0.478 e. The first-order valence-corrected chi connectivity index (χ1v) is 4.72. The maximum Gasteiger partial charge on any atom is 0.337 e. The van der Waals surface area contributed by atoms with Gasteiger partial charge >= 0.3 is 5.97 Å². The quantitative estimate of drug-likeness (QED) is 0.780. The summed E-state index contributed by atoms with van der Waals surface area (Å²) in [7, 11) is 1.76. The Bertz CT molecular complexity index is 363. The lowest BCUT2D eigenvalue weighted by atomic mass is 10.1. The zero-order valence-corrected chi connectivity index (χ0v) is 8.90. The lowest BCUT2D eigenvalue weighted by molar-refractivity contribution is 0.0697. The molecule has 0 atom stereocenters. The number of benzene rings is 1. The van der Waals surface area contributed by atoms with Crippen LogP contribution in [0, 0.1) is 6.92 Å². The van der Waals surface area contributed by atoms with E-state index in [1.165, 1.54) is 0 Å². The van der Waals surface area contributed by atoms with Gasteiger partial charge in [-0.05, 0) is 19.1 Å². The maximum absolute atomic E-state index is 11.0. The third-order valence-corrected chi connectivity index (χ3v) is 2.23. The van der Waals surface area contributed by atoms with E-state index in [-0.39, 0.29) is 12.2 Å². The number of hydrogen-bond donors (Lipinski definition) is 2. The molecule has 1 aromatic rings. The lowest BCUT2D eigenvalue weighted by Crippen LogP contribution is -2.23. The van der Waals surface area contributed by atoms with Crippen molar-refractivity contribution in [3.8, 4) is 0 Å². The van der Waals surface area contributed by atoms with Gasteiger partial charge in [-0.3, -0.25) is 0 Å². The topological polar surface area (TPSA) is 60.8 Å². The first kappa shape index (κ1) is 11.5. The Hall–Kier alpha value is -1.55. The van der Waals surface area contributed by atoms with Crippen LogP contribution in [0.3, 0.4) is 0 Å². The van der Waals surface area contributed by atoms with Crippen molar-refractivity contribution >= 4 is 11.7 Å². The zero-order valence-electron chi connectivity index (χ0n) is 8.90. The SMILES string of the molecule is Cc1ccc(N(C)CCO)c(C(=O)O)c1. The van der Waals surface area contributed by atoms with Gasteiger partial charge in [-0.1, -0.05) is 11.6 Å². The number of anilines is 1. The van der Waals surface area contributed by atoms with Gasteiger partial charge in [-0.15, -0.1) is 0 Å². The first-order valence-electron chi connectivity index (χ1n) is 4.72. The molecule has 0 saturated heterocycles. The van der Waals surface area contributed by atoms with Gasteiger partial charge in [0.2, 0.25) is 0 Å². The number of aryl methyl sites for hydroxylation is 1. The molecule has 15 heavy (non-hydrogen) atoms. The molecule has 4 heteroatoms. The van der Waals surface area contributed by atoms with Crippen LogP contribution < -0.4 is 4.90 Å². The standard InChI is InChI=1S/C11H15NO3/c1-8-3-4-10(12(2)5-6-13)9(7-8)11(14)15/h3-4,7,13H,5-6H2,1-2H3,(H,14,15). The number of rotatable bonds is 4. The van der Waals surface area contributed by atoms with Crippen molar-refractivity contribution in [3.05, 3.63) is 29.3 Å². The molecule has 0 aliphatic rings. The average molecular weight is 209 g/mol. The molecule has 0 spiro atoms. The summed E-state index contributed by atoms with van der Waals surface area (Å²) in [6.45, 7) is 2.27. The molecular weight excluding hydrogens is 194 g/mol. The molecule has 0 heterocycles. The summed E-state index contributed by atoms with van der Waals surface area (Å²) in [6, 6.07) is 5.25. The molecule has 2 N–H and O–H groups in total. The number of likely N-dealkylation sites (N-methyl/N-ethyl adjacent to an activating group) is 1. The normalized spacial score (nSPS) is 10.1. The molecule has 0 amide bonds. The van der Waals surface area contributed by atoms with E-state index in [1.54, 1.807) is 24.1 Å². The Morgan fingerprint density at radius 3 is 2.67 bits per heavy atom. The van der Waals surface area contributed by atoms with Crippen LogP contribution in [0.1, 0.15) is 15.9 Å². The van der Waals surface area contributed by atoms with Gasteiger partial charge in [0.05, 0.1) is 17.9 Å². The van der Waals surface area contributed by atoms with Crippen LogP contribution in [-0.4, -0.2) is 36.4 Å². The van der Waals surface area contributed by atoms with Gasteiger partial charge in [0, 0.05) is 13.6 Å². The van der Waals surface area contributed by atoms with Crippen LogP contribution in [0.5, 0.6) is 0 Å². The second-order valence-corrected chi connectivity index (χ2v) is 3.47. The lowest BCUT2D eigenvalue weighted by Gasteiger charge is -2.20. The van der Waals surface area contributed by atoms with Gasteiger partial charge in [0.15, 0.2) is 0 Å². The highest BCUT2D eigenvalue weighted by molar-refractivity contribution is 5.94. The predicted molar refractivity (Wildman–Crippen MR) is 58.5 cm³/mol. The molecular formula is C11H15NO3. The van der Waals surface area contributed by atoms with Crippen molar-refractivity contribution in [1.82, 2.24) is 0 Å². The molecule has 0 saturated carbocycles. The molecule has 0 radical (unpaired) electrons. The van der Waals surface area contributed by atoms with Crippen LogP contribution >= 0.6 is 0 Å². The van der Waals surface area contributed by atoms with E-state index in [0.717, 1.165) is 5.56 Å². The molecule has 1 aromatic carbocycles. The fourth-order valence-electron chi connectivity index (χ4n) is 1.42. The fraction of sp³-hybridized carbons (Fsp3) is 0.364. The molecule has 82 valence electrons. The molecule has 0 aliphatic carbocycles. The van der Waals surface area contributed by atoms with Crippen molar-refractivity contribution in [3.63, 3.8) is 0 Å². The van der Waals surface area contributed by atoms with E-state index in [1.807, 2.05) is 13.0 Å². The zero-order chi connectivity index (χ0) is 11.4. The van der Waals surface area contributed by atoms with Crippen LogP contribution in [0.25, 0.3) is 0 Å². The van der Waals surface area contributed by atoms with Crippen molar-refractivity contribution in [2.75, 3.05) is 25.1 Å². The van der Waals surface area contributed by atoms with E-state index >= 15 is 0 Å². The van der Waals surface area contributed by atoms with Gasteiger partial charge in [0.25, 0.3) is 0 Å². The summed E-state index contributed by atoms with van der Waals surface area (Å²) in [5.74, 6) is -0.946. The van der Waals surface area contributed by atoms with Gasteiger partial charge in [-0.2, -0.15) is 0 Å². The summed E-state index contributed by atoms with van der Waals surface area (Å²) >= 11 is 0. The number of aromatic carboxylic acids is 1. The van der Waals surface area contributed by atoms with Gasteiger partial charge in [-0.25, -0.2) is 4.79 Å². The maximum atomic E-state index is 11.0. The van der Waals surface area contributed by atoms with Gasteiger partial charge < -0.3 is 15.1 Å². The molecule has 0 aromatic heterocycles. The number of hydrogen-bond acceptors (Lipinski definition) is 3. The molecule has 0 fully saturated rings.